The molecule has 0 aliphatic carbocycles. The summed E-state index contributed by atoms with van der Waals surface area (Å²) in [6.07, 6.45) is 5.96. The Morgan fingerprint density at radius 1 is 1.28 bits per heavy atom. The fourth-order valence-corrected chi connectivity index (χ4v) is 2.57. The van der Waals surface area contributed by atoms with Crippen LogP contribution in [0.1, 0.15) is 50.7 Å². The molecule has 18 heavy (non-hydrogen) atoms. The van der Waals surface area contributed by atoms with Crippen LogP contribution in [0.4, 0.5) is 0 Å². The van der Waals surface area contributed by atoms with Crippen molar-refractivity contribution in [2.24, 2.45) is 11.8 Å². The van der Waals surface area contributed by atoms with Crippen molar-refractivity contribution >= 4 is 0 Å². The molecule has 2 heteroatoms. The lowest BCUT2D eigenvalue weighted by Crippen LogP contribution is -2.36. The molecule has 1 rings (SSSR count). The maximum Gasteiger partial charge on any atom is 0.0216 e. The molecule has 3 N–H and O–H groups in total. The molecule has 0 saturated carbocycles. The number of rotatable bonds is 8. The average molecular weight is 248 g/mol. The minimum absolute atomic E-state index is 0.437. The van der Waals surface area contributed by atoms with Crippen molar-refractivity contribution in [2.45, 2.75) is 58.9 Å². The number of hydrogen-bond donors (Lipinski definition) is 2. The van der Waals surface area contributed by atoms with Crippen molar-refractivity contribution in [2.75, 3.05) is 0 Å². The van der Waals surface area contributed by atoms with E-state index < -0.39 is 0 Å². The van der Waals surface area contributed by atoms with Crippen LogP contribution in [0.25, 0.3) is 0 Å². The third-order valence-corrected chi connectivity index (χ3v) is 3.57. The highest BCUT2D eigenvalue weighted by molar-refractivity contribution is 5.22. The number of aryl methyl sites for hydroxylation is 2. The zero-order valence-corrected chi connectivity index (χ0v) is 12.1. The van der Waals surface area contributed by atoms with E-state index in [2.05, 4.69) is 50.5 Å². The number of nitrogens with one attached hydrogen (secondary N) is 1. The molecule has 0 amide bonds. The smallest absolute Gasteiger partial charge is 0.0216 e. The second kappa shape index (κ2) is 8.28. The van der Waals surface area contributed by atoms with Gasteiger partial charge in [0.15, 0.2) is 0 Å². The minimum atomic E-state index is 0.437. The lowest BCUT2D eigenvalue weighted by molar-refractivity contribution is 0.371. The zero-order chi connectivity index (χ0) is 13.4. The van der Waals surface area contributed by atoms with Crippen molar-refractivity contribution in [1.29, 1.82) is 0 Å². The van der Waals surface area contributed by atoms with Crippen molar-refractivity contribution in [3.63, 3.8) is 0 Å². The Morgan fingerprint density at radius 2 is 2.06 bits per heavy atom. The molecule has 0 heterocycles. The summed E-state index contributed by atoms with van der Waals surface area (Å²) in [7, 11) is 0. The summed E-state index contributed by atoms with van der Waals surface area (Å²) in [5.74, 6) is 6.42. The Bertz CT molecular complexity index is 336. The first-order chi connectivity index (χ1) is 8.65. The van der Waals surface area contributed by atoms with Gasteiger partial charge in [0.05, 0.1) is 0 Å². The summed E-state index contributed by atoms with van der Waals surface area (Å²) in [5.41, 5.74) is 5.73. The van der Waals surface area contributed by atoms with Gasteiger partial charge in [-0.05, 0) is 37.7 Å². The van der Waals surface area contributed by atoms with Crippen molar-refractivity contribution in [1.82, 2.24) is 5.43 Å². The monoisotopic (exact) mass is 248 g/mol. The molecule has 0 aliphatic rings. The second-order valence-electron chi connectivity index (χ2n) is 5.52. The van der Waals surface area contributed by atoms with Gasteiger partial charge < -0.3 is 0 Å². The average Bonchev–Trinajstić information content (AvgIpc) is 2.35. The number of benzene rings is 1. The zero-order valence-electron chi connectivity index (χ0n) is 12.1. The first kappa shape index (κ1) is 15.2. The SMILES string of the molecule is CCCC(C)CC(CCc1cccc(C)c1)NN. The third kappa shape index (κ3) is 5.65. The van der Waals surface area contributed by atoms with E-state index >= 15 is 0 Å². The van der Waals surface area contributed by atoms with E-state index in [1.54, 1.807) is 0 Å². The van der Waals surface area contributed by atoms with Crippen molar-refractivity contribution in [3.8, 4) is 0 Å². The van der Waals surface area contributed by atoms with E-state index in [0.29, 0.717) is 6.04 Å². The Hall–Kier alpha value is -0.860. The molecule has 2 nitrogen and oxygen atoms in total. The van der Waals surface area contributed by atoms with Crippen LogP contribution in [0.2, 0.25) is 0 Å². The molecule has 0 fully saturated rings. The van der Waals surface area contributed by atoms with E-state index in [-0.39, 0.29) is 0 Å². The summed E-state index contributed by atoms with van der Waals surface area (Å²) < 4.78 is 0. The molecule has 102 valence electrons. The summed E-state index contributed by atoms with van der Waals surface area (Å²) in [6, 6.07) is 9.19. The summed E-state index contributed by atoms with van der Waals surface area (Å²) in [6.45, 7) is 6.71. The molecule has 1 aromatic rings. The molecule has 0 bridgehead atoms. The number of hydrogen-bond acceptors (Lipinski definition) is 2. The summed E-state index contributed by atoms with van der Waals surface area (Å²) in [5, 5.41) is 0. The van der Waals surface area contributed by atoms with Crippen LogP contribution in [-0.4, -0.2) is 6.04 Å². The molecule has 0 aliphatic heterocycles. The summed E-state index contributed by atoms with van der Waals surface area (Å²) in [4.78, 5) is 0. The topological polar surface area (TPSA) is 38.0 Å². The highest BCUT2D eigenvalue weighted by Crippen LogP contribution is 2.16. The van der Waals surface area contributed by atoms with E-state index in [4.69, 9.17) is 5.84 Å². The molecular weight excluding hydrogens is 220 g/mol. The Kier molecular flexibility index (Phi) is 6.99. The summed E-state index contributed by atoms with van der Waals surface area (Å²) >= 11 is 0. The molecule has 0 radical (unpaired) electrons. The lowest BCUT2D eigenvalue weighted by atomic mass is 9.94. The number of nitrogens with two attached hydrogens (primary N) is 1. The highest BCUT2D eigenvalue weighted by atomic mass is 15.2. The van der Waals surface area contributed by atoms with E-state index in [1.165, 1.54) is 30.4 Å². The molecule has 0 aromatic heterocycles. The standard InChI is InChI=1S/C16H28N2/c1-4-6-13(2)12-16(18-17)10-9-15-8-5-7-14(3)11-15/h5,7-8,11,13,16,18H,4,6,9-10,12,17H2,1-3H3. The fourth-order valence-electron chi connectivity index (χ4n) is 2.57. The maximum atomic E-state index is 5.66. The van der Waals surface area contributed by atoms with Gasteiger partial charge in [0.1, 0.15) is 0 Å². The van der Waals surface area contributed by atoms with Crippen LogP contribution in [0.15, 0.2) is 24.3 Å². The normalized spacial score (nSPS) is 14.4. The van der Waals surface area contributed by atoms with E-state index in [1.807, 2.05) is 0 Å². The van der Waals surface area contributed by atoms with Crippen LogP contribution in [0.3, 0.4) is 0 Å². The quantitative estimate of drug-likeness (QED) is 0.545. The third-order valence-electron chi connectivity index (χ3n) is 3.57. The van der Waals surface area contributed by atoms with Gasteiger partial charge in [0, 0.05) is 6.04 Å². The fraction of sp³-hybridized carbons (Fsp3) is 0.625. The van der Waals surface area contributed by atoms with Crippen molar-refractivity contribution in [3.05, 3.63) is 35.4 Å². The minimum Gasteiger partial charge on any atom is -0.271 e. The van der Waals surface area contributed by atoms with Gasteiger partial charge in [0.2, 0.25) is 0 Å². The van der Waals surface area contributed by atoms with Gasteiger partial charge in [-0.1, -0.05) is 56.5 Å². The largest absolute Gasteiger partial charge is 0.271 e. The van der Waals surface area contributed by atoms with Crippen molar-refractivity contribution < 1.29 is 0 Å². The lowest BCUT2D eigenvalue weighted by Gasteiger charge is -2.20. The predicted octanol–water partition coefficient (Wildman–Crippen LogP) is 3.59. The van der Waals surface area contributed by atoms with Gasteiger partial charge in [-0.25, -0.2) is 0 Å². The van der Waals surface area contributed by atoms with Gasteiger partial charge in [-0.15, -0.1) is 0 Å². The van der Waals surface area contributed by atoms with Crippen LogP contribution in [-0.2, 0) is 6.42 Å². The van der Waals surface area contributed by atoms with Gasteiger partial charge in [-0.3, -0.25) is 11.3 Å². The van der Waals surface area contributed by atoms with E-state index in [9.17, 15) is 0 Å². The van der Waals surface area contributed by atoms with Gasteiger partial charge in [-0.2, -0.15) is 0 Å². The Morgan fingerprint density at radius 3 is 2.67 bits per heavy atom. The van der Waals surface area contributed by atoms with Crippen LogP contribution < -0.4 is 11.3 Å². The molecule has 0 spiro atoms. The molecule has 2 atom stereocenters. The second-order valence-corrected chi connectivity index (χ2v) is 5.52. The number of hydrazine groups is 1. The molecule has 1 aromatic carbocycles. The maximum absolute atomic E-state index is 5.66. The molecule has 2 unspecified atom stereocenters. The molecule has 0 saturated heterocycles. The Labute approximate surface area is 112 Å². The molecular formula is C16H28N2. The predicted molar refractivity (Wildman–Crippen MR) is 79.3 cm³/mol. The van der Waals surface area contributed by atoms with Crippen LogP contribution in [0, 0.1) is 12.8 Å². The highest BCUT2D eigenvalue weighted by Gasteiger charge is 2.11. The Balaban J connectivity index is 2.39. The first-order valence-electron chi connectivity index (χ1n) is 7.17. The van der Waals surface area contributed by atoms with Crippen LogP contribution in [0.5, 0.6) is 0 Å². The van der Waals surface area contributed by atoms with Gasteiger partial charge in [0.25, 0.3) is 0 Å². The van der Waals surface area contributed by atoms with E-state index in [0.717, 1.165) is 18.8 Å². The first-order valence-corrected chi connectivity index (χ1v) is 7.17. The van der Waals surface area contributed by atoms with Gasteiger partial charge >= 0.3 is 0 Å². The van der Waals surface area contributed by atoms with Crippen LogP contribution >= 0.6 is 0 Å².